The van der Waals surface area contributed by atoms with E-state index < -0.39 is 0 Å². The summed E-state index contributed by atoms with van der Waals surface area (Å²) in [6, 6.07) is 8.39. The number of alkyl halides is 1. The van der Waals surface area contributed by atoms with E-state index in [9.17, 15) is 0 Å². The fraction of sp³-hybridized carbons (Fsp3) is 0.294. The lowest BCUT2D eigenvalue weighted by Gasteiger charge is -2.03. The minimum absolute atomic E-state index is 0.906. The van der Waals surface area contributed by atoms with Gasteiger partial charge in [-0.1, -0.05) is 15.9 Å². The van der Waals surface area contributed by atoms with E-state index in [2.05, 4.69) is 48.0 Å². The second-order valence-corrected chi connectivity index (χ2v) is 4.85. The Kier molecular flexibility index (Phi) is 4.39. The monoisotopic (exact) mass is 334 g/mol. The highest BCUT2D eigenvalue weighted by molar-refractivity contribution is 9.08. The third-order valence-electron chi connectivity index (χ3n) is 3.60. The van der Waals surface area contributed by atoms with Crippen LogP contribution in [0.3, 0.4) is 0 Å². The molecule has 0 spiro atoms. The molecule has 0 saturated carbocycles. The van der Waals surface area contributed by atoms with Crippen molar-refractivity contribution in [2.45, 2.75) is 20.8 Å². The number of fused-ring (bicyclic) bond motifs is 3. The molecule has 0 atom stereocenters. The first-order valence-electron chi connectivity index (χ1n) is 6.46. The Hall–Kier alpha value is -1.48. The maximum absolute atomic E-state index is 5.91. The summed E-state index contributed by atoms with van der Waals surface area (Å²) in [7, 11) is 1.70. The topological polar surface area (TPSA) is 22.4 Å². The number of hydrogen-bond acceptors (Lipinski definition) is 2. The van der Waals surface area contributed by atoms with Crippen molar-refractivity contribution in [1.29, 1.82) is 0 Å². The van der Waals surface area contributed by atoms with Crippen molar-refractivity contribution < 1.29 is 9.15 Å². The molecule has 1 aromatic heterocycles. The van der Waals surface area contributed by atoms with E-state index in [4.69, 9.17) is 9.15 Å². The highest BCUT2D eigenvalue weighted by Crippen LogP contribution is 2.34. The Morgan fingerprint density at radius 1 is 0.800 bits per heavy atom. The van der Waals surface area contributed by atoms with Gasteiger partial charge in [-0.15, -0.1) is 0 Å². The molecule has 0 radical (unpaired) electrons. The van der Waals surface area contributed by atoms with Crippen molar-refractivity contribution in [3.8, 4) is 5.75 Å². The number of aryl methyl sites for hydroxylation is 3. The van der Waals surface area contributed by atoms with E-state index in [0.717, 1.165) is 33.3 Å². The van der Waals surface area contributed by atoms with Crippen LogP contribution in [0.5, 0.6) is 5.75 Å². The highest BCUT2D eigenvalue weighted by Gasteiger charge is 2.11. The van der Waals surface area contributed by atoms with Gasteiger partial charge in [0.2, 0.25) is 0 Å². The van der Waals surface area contributed by atoms with Crippen molar-refractivity contribution in [3.05, 3.63) is 41.0 Å². The molecule has 0 bridgehead atoms. The van der Waals surface area contributed by atoms with Crippen LogP contribution < -0.4 is 4.74 Å². The van der Waals surface area contributed by atoms with Crippen molar-refractivity contribution >= 4 is 37.9 Å². The van der Waals surface area contributed by atoms with Gasteiger partial charge in [0.1, 0.15) is 16.9 Å². The maximum atomic E-state index is 5.91. The van der Waals surface area contributed by atoms with Gasteiger partial charge in [0, 0.05) is 10.8 Å². The van der Waals surface area contributed by atoms with Gasteiger partial charge in [0.05, 0.1) is 7.11 Å². The quantitative estimate of drug-likeness (QED) is 0.546. The number of ether oxygens (including phenoxy) is 1. The molecule has 3 rings (SSSR count). The summed E-state index contributed by atoms with van der Waals surface area (Å²) in [5, 5.41) is 2.28. The second kappa shape index (κ2) is 5.88. The molecule has 20 heavy (non-hydrogen) atoms. The van der Waals surface area contributed by atoms with Gasteiger partial charge in [0.15, 0.2) is 0 Å². The minimum atomic E-state index is 0.906. The first-order chi connectivity index (χ1) is 9.60. The molecular formula is C17H19BrO2. The largest absolute Gasteiger partial charge is 0.496 e. The molecule has 2 aromatic carbocycles. The fourth-order valence-corrected chi connectivity index (χ4v) is 2.38. The molecule has 1 heterocycles. The average Bonchev–Trinajstić information content (AvgIpc) is 2.77. The van der Waals surface area contributed by atoms with Crippen LogP contribution in [0.2, 0.25) is 0 Å². The second-order valence-electron chi connectivity index (χ2n) is 4.85. The smallest absolute Gasteiger partial charge is 0.135 e. The van der Waals surface area contributed by atoms with Gasteiger partial charge >= 0.3 is 0 Å². The summed E-state index contributed by atoms with van der Waals surface area (Å²) >= 11 is 2.94. The van der Waals surface area contributed by atoms with Gasteiger partial charge < -0.3 is 9.15 Å². The van der Waals surface area contributed by atoms with E-state index in [0.29, 0.717) is 0 Å². The summed E-state index contributed by atoms with van der Waals surface area (Å²) in [5.41, 5.74) is 5.50. The summed E-state index contributed by atoms with van der Waals surface area (Å²) in [6.07, 6.45) is 0. The number of hydrogen-bond donors (Lipinski definition) is 0. The molecule has 0 N–H and O–H groups in total. The van der Waals surface area contributed by atoms with E-state index >= 15 is 0 Å². The maximum Gasteiger partial charge on any atom is 0.135 e. The molecule has 3 heteroatoms. The average molecular weight is 335 g/mol. The van der Waals surface area contributed by atoms with Crippen LogP contribution in [-0.4, -0.2) is 12.9 Å². The van der Waals surface area contributed by atoms with Crippen molar-refractivity contribution in [3.63, 3.8) is 0 Å². The van der Waals surface area contributed by atoms with E-state index in [1.165, 1.54) is 11.1 Å². The van der Waals surface area contributed by atoms with Crippen LogP contribution in [0.4, 0.5) is 0 Å². The molecule has 0 aliphatic heterocycles. The highest BCUT2D eigenvalue weighted by atomic mass is 79.9. The Labute approximate surface area is 127 Å². The summed E-state index contributed by atoms with van der Waals surface area (Å²) < 4.78 is 11.3. The van der Waals surface area contributed by atoms with Crippen molar-refractivity contribution in [1.82, 2.24) is 0 Å². The molecule has 3 aromatic rings. The molecule has 0 saturated heterocycles. The van der Waals surface area contributed by atoms with Gasteiger partial charge in [-0.3, -0.25) is 0 Å². The Morgan fingerprint density at radius 3 is 1.90 bits per heavy atom. The molecule has 106 valence electrons. The summed E-state index contributed by atoms with van der Waals surface area (Å²) in [6.45, 7) is 6.26. The first-order valence-corrected chi connectivity index (χ1v) is 8.04. The zero-order chi connectivity index (χ0) is 14.9. The standard InChI is InChI=1S/C16H16O2.CH3Br/c1-9-5-12-13-8-14(17-4)11(3)7-16(13)18-15(12)6-10(9)2;1-2/h5-8H,1-4H3;1H3. The van der Waals surface area contributed by atoms with Gasteiger partial charge in [-0.2, -0.15) is 0 Å². The normalized spacial score (nSPS) is 10.5. The first kappa shape index (κ1) is 14.9. The lowest BCUT2D eigenvalue weighted by atomic mass is 10.0. The fourth-order valence-electron chi connectivity index (χ4n) is 2.38. The molecule has 2 nitrogen and oxygen atoms in total. The van der Waals surface area contributed by atoms with Gasteiger partial charge in [-0.05, 0) is 67.6 Å². The van der Waals surface area contributed by atoms with Crippen LogP contribution in [0.1, 0.15) is 16.7 Å². The van der Waals surface area contributed by atoms with Crippen molar-refractivity contribution in [2.75, 3.05) is 12.9 Å². The zero-order valence-corrected chi connectivity index (χ0v) is 14.1. The van der Waals surface area contributed by atoms with Crippen LogP contribution in [0.15, 0.2) is 28.7 Å². The Bertz CT molecular complexity index is 757. The van der Waals surface area contributed by atoms with E-state index in [-0.39, 0.29) is 0 Å². The number of methoxy groups -OCH3 is 1. The van der Waals surface area contributed by atoms with E-state index in [1.807, 2.05) is 18.8 Å². The summed E-state index contributed by atoms with van der Waals surface area (Å²) in [4.78, 5) is 0. The molecule has 0 amide bonds. The van der Waals surface area contributed by atoms with Crippen LogP contribution >= 0.6 is 15.9 Å². The molecule has 0 fully saturated rings. The third kappa shape index (κ3) is 2.42. The van der Waals surface area contributed by atoms with Gasteiger partial charge in [-0.25, -0.2) is 0 Å². The molecule has 0 unspecified atom stereocenters. The Morgan fingerprint density at radius 2 is 1.30 bits per heavy atom. The molecule has 0 aliphatic rings. The lowest BCUT2D eigenvalue weighted by Crippen LogP contribution is -1.86. The SMILES string of the molecule is CBr.COc1cc2c(cc1C)oc1cc(C)c(C)cc12. The van der Waals surface area contributed by atoms with E-state index in [1.54, 1.807) is 7.11 Å². The Balaban J connectivity index is 0.000000704. The summed E-state index contributed by atoms with van der Waals surface area (Å²) in [5.74, 6) is 2.72. The number of benzene rings is 2. The van der Waals surface area contributed by atoms with Crippen molar-refractivity contribution in [2.24, 2.45) is 0 Å². The number of halogens is 1. The number of furan rings is 1. The predicted molar refractivity (Wildman–Crippen MR) is 89.3 cm³/mol. The minimum Gasteiger partial charge on any atom is -0.496 e. The van der Waals surface area contributed by atoms with Crippen LogP contribution in [0, 0.1) is 20.8 Å². The predicted octanol–water partition coefficient (Wildman–Crippen LogP) is 5.53. The molecule has 0 aliphatic carbocycles. The van der Waals surface area contributed by atoms with Crippen LogP contribution in [-0.2, 0) is 0 Å². The third-order valence-corrected chi connectivity index (χ3v) is 3.60. The van der Waals surface area contributed by atoms with Crippen LogP contribution in [0.25, 0.3) is 21.9 Å². The lowest BCUT2D eigenvalue weighted by molar-refractivity contribution is 0.412. The number of rotatable bonds is 1. The van der Waals surface area contributed by atoms with Gasteiger partial charge in [0.25, 0.3) is 0 Å². The molecular weight excluding hydrogens is 316 g/mol. The zero-order valence-electron chi connectivity index (χ0n) is 12.5.